The van der Waals surface area contributed by atoms with Gasteiger partial charge >= 0.3 is 0 Å². The summed E-state index contributed by atoms with van der Waals surface area (Å²) in [7, 11) is 0. The molecule has 0 unspecified atom stereocenters. The Morgan fingerprint density at radius 3 is 2.67 bits per heavy atom. The molecule has 2 N–H and O–H groups in total. The number of rotatable bonds is 7. The number of aromatic nitrogens is 3. The molecule has 0 spiro atoms. The number of amides is 1. The zero-order valence-electron chi connectivity index (χ0n) is 12.4. The van der Waals surface area contributed by atoms with Gasteiger partial charge in [0.25, 0.3) is 0 Å². The zero-order valence-corrected chi connectivity index (χ0v) is 12.4. The number of carbonyl (C=O) groups excluding carboxylic acids is 1. The van der Waals surface area contributed by atoms with Gasteiger partial charge in [0, 0.05) is 25.3 Å². The third kappa shape index (κ3) is 4.13. The third-order valence-corrected chi connectivity index (χ3v) is 3.46. The first-order valence-corrected chi connectivity index (χ1v) is 7.06. The number of hydrogen-bond acceptors (Lipinski definition) is 4. The van der Waals surface area contributed by atoms with Crippen molar-refractivity contribution in [2.75, 3.05) is 6.54 Å². The van der Waals surface area contributed by atoms with Gasteiger partial charge in [-0.25, -0.2) is 0 Å². The van der Waals surface area contributed by atoms with Gasteiger partial charge in [-0.3, -0.25) is 14.4 Å². The lowest BCUT2D eigenvalue weighted by Crippen LogP contribution is -2.35. The average molecular weight is 287 g/mol. The second-order valence-corrected chi connectivity index (χ2v) is 5.02. The SMILES string of the molecule is CCn1cc(CN(CC(N)=O)[C@H](C)c2ccccc2)nn1. The number of benzene rings is 1. The molecule has 2 rings (SSSR count). The molecule has 1 aromatic heterocycles. The first kappa shape index (κ1) is 15.2. The van der Waals surface area contributed by atoms with Crippen LogP contribution in [0, 0.1) is 0 Å². The number of primary amides is 1. The van der Waals surface area contributed by atoms with Gasteiger partial charge in [0.15, 0.2) is 0 Å². The summed E-state index contributed by atoms with van der Waals surface area (Å²) in [6, 6.07) is 10.1. The largest absolute Gasteiger partial charge is 0.369 e. The minimum Gasteiger partial charge on any atom is -0.369 e. The zero-order chi connectivity index (χ0) is 15.2. The highest BCUT2D eigenvalue weighted by molar-refractivity contribution is 5.76. The fourth-order valence-electron chi connectivity index (χ4n) is 2.25. The van der Waals surface area contributed by atoms with Crippen LogP contribution in [0.1, 0.15) is 31.1 Å². The van der Waals surface area contributed by atoms with Crippen molar-refractivity contribution in [2.24, 2.45) is 5.73 Å². The summed E-state index contributed by atoms with van der Waals surface area (Å²) < 4.78 is 1.77. The molecular weight excluding hydrogens is 266 g/mol. The van der Waals surface area contributed by atoms with Crippen LogP contribution in [0.25, 0.3) is 0 Å². The molecule has 1 aromatic carbocycles. The predicted octanol–water partition coefficient (Wildman–Crippen LogP) is 1.35. The van der Waals surface area contributed by atoms with Crippen molar-refractivity contribution in [2.45, 2.75) is 33.0 Å². The van der Waals surface area contributed by atoms with E-state index in [1.54, 1.807) is 4.68 Å². The van der Waals surface area contributed by atoms with Crippen molar-refractivity contribution in [3.8, 4) is 0 Å². The van der Waals surface area contributed by atoms with Crippen LogP contribution in [0.4, 0.5) is 0 Å². The van der Waals surface area contributed by atoms with E-state index >= 15 is 0 Å². The van der Waals surface area contributed by atoms with Crippen LogP contribution < -0.4 is 5.73 Å². The molecular formula is C15H21N5O. The fourth-order valence-corrected chi connectivity index (χ4v) is 2.25. The lowest BCUT2D eigenvalue weighted by molar-refractivity contribution is -0.119. The van der Waals surface area contributed by atoms with E-state index in [1.807, 2.05) is 48.4 Å². The maximum Gasteiger partial charge on any atom is 0.231 e. The molecule has 0 saturated carbocycles. The van der Waals surface area contributed by atoms with E-state index in [9.17, 15) is 4.79 Å². The number of aryl methyl sites for hydroxylation is 1. The molecule has 0 saturated heterocycles. The third-order valence-electron chi connectivity index (χ3n) is 3.46. The molecule has 6 nitrogen and oxygen atoms in total. The quantitative estimate of drug-likeness (QED) is 0.834. The number of hydrogen-bond donors (Lipinski definition) is 1. The molecule has 6 heteroatoms. The van der Waals surface area contributed by atoms with Crippen molar-refractivity contribution >= 4 is 5.91 Å². The molecule has 0 aliphatic heterocycles. The van der Waals surface area contributed by atoms with Gasteiger partial charge in [0.2, 0.25) is 5.91 Å². The van der Waals surface area contributed by atoms with Gasteiger partial charge in [0.1, 0.15) is 0 Å². The van der Waals surface area contributed by atoms with Crippen LogP contribution in [-0.2, 0) is 17.9 Å². The van der Waals surface area contributed by atoms with Crippen molar-refractivity contribution in [3.05, 3.63) is 47.8 Å². The van der Waals surface area contributed by atoms with Crippen LogP contribution in [0.3, 0.4) is 0 Å². The van der Waals surface area contributed by atoms with E-state index in [4.69, 9.17) is 5.73 Å². The summed E-state index contributed by atoms with van der Waals surface area (Å²) in [5.41, 5.74) is 7.35. The molecule has 0 radical (unpaired) electrons. The standard InChI is InChI=1S/C15H21N5O/c1-3-20-10-14(17-18-20)9-19(11-15(16)21)12(2)13-7-5-4-6-8-13/h4-8,10,12H,3,9,11H2,1-2H3,(H2,16,21)/t12-/m1/s1. The Hall–Kier alpha value is -2.21. The van der Waals surface area contributed by atoms with Gasteiger partial charge in [-0.1, -0.05) is 35.5 Å². The highest BCUT2D eigenvalue weighted by Gasteiger charge is 2.19. The van der Waals surface area contributed by atoms with Gasteiger partial charge in [0.05, 0.1) is 12.2 Å². The minimum absolute atomic E-state index is 0.0745. The molecule has 0 bridgehead atoms. The van der Waals surface area contributed by atoms with Gasteiger partial charge in [-0.05, 0) is 19.4 Å². The number of nitrogens with two attached hydrogens (primary N) is 1. The molecule has 1 amide bonds. The maximum absolute atomic E-state index is 11.3. The Morgan fingerprint density at radius 2 is 2.10 bits per heavy atom. The fraction of sp³-hybridized carbons (Fsp3) is 0.400. The first-order valence-electron chi connectivity index (χ1n) is 7.06. The van der Waals surface area contributed by atoms with Crippen LogP contribution in [-0.4, -0.2) is 32.3 Å². The van der Waals surface area contributed by atoms with Crippen LogP contribution in [0.15, 0.2) is 36.5 Å². The smallest absolute Gasteiger partial charge is 0.231 e. The molecule has 0 aliphatic carbocycles. The molecule has 21 heavy (non-hydrogen) atoms. The lowest BCUT2D eigenvalue weighted by Gasteiger charge is -2.27. The Kier molecular flexibility index (Phi) is 5.05. The summed E-state index contributed by atoms with van der Waals surface area (Å²) in [5, 5.41) is 8.15. The van der Waals surface area contributed by atoms with Gasteiger partial charge < -0.3 is 5.73 Å². The second kappa shape index (κ2) is 6.99. The summed E-state index contributed by atoms with van der Waals surface area (Å²) in [6.45, 7) is 5.57. The van der Waals surface area contributed by atoms with Crippen molar-refractivity contribution in [1.82, 2.24) is 19.9 Å². The van der Waals surface area contributed by atoms with Crippen LogP contribution in [0.5, 0.6) is 0 Å². The minimum atomic E-state index is -0.347. The predicted molar refractivity (Wildman–Crippen MR) is 80.2 cm³/mol. The first-order chi connectivity index (χ1) is 10.1. The van der Waals surface area contributed by atoms with E-state index in [2.05, 4.69) is 17.2 Å². The topological polar surface area (TPSA) is 77.0 Å². The second-order valence-electron chi connectivity index (χ2n) is 5.02. The van der Waals surface area contributed by atoms with Crippen molar-refractivity contribution in [3.63, 3.8) is 0 Å². The molecule has 2 aromatic rings. The maximum atomic E-state index is 11.3. The van der Waals surface area contributed by atoms with Gasteiger partial charge in [-0.2, -0.15) is 0 Å². The molecule has 1 heterocycles. The van der Waals surface area contributed by atoms with Gasteiger partial charge in [-0.15, -0.1) is 5.10 Å². The average Bonchev–Trinajstić information content (AvgIpc) is 2.94. The van der Waals surface area contributed by atoms with Crippen molar-refractivity contribution < 1.29 is 4.79 Å². The van der Waals surface area contributed by atoms with E-state index in [0.29, 0.717) is 6.54 Å². The van der Waals surface area contributed by atoms with Crippen molar-refractivity contribution in [1.29, 1.82) is 0 Å². The van der Waals surface area contributed by atoms with E-state index in [1.165, 1.54) is 0 Å². The van der Waals surface area contributed by atoms with E-state index in [-0.39, 0.29) is 18.5 Å². The molecule has 1 atom stereocenters. The Morgan fingerprint density at radius 1 is 1.38 bits per heavy atom. The Bertz CT molecular complexity index is 581. The Balaban J connectivity index is 2.15. The lowest BCUT2D eigenvalue weighted by atomic mass is 10.1. The normalized spacial score (nSPS) is 12.5. The summed E-state index contributed by atoms with van der Waals surface area (Å²) in [5.74, 6) is -0.347. The Labute approximate surface area is 124 Å². The highest BCUT2D eigenvalue weighted by atomic mass is 16.1. The van der Waals surface area contributed by atoms with E-state index in [0.717, 1.165) is 17.8 Å². The summed E-state index contributed by atoms with van der Waals surface area (Å²) in [4.78, 5) is 13.3. The monoisotopic (exact) mass is 287 g/mol. The number of carbonyl (C=O) groups is 1. The molecule has 112 valence electrons. The van der Waals surface area contributed by atoms with Crippen LogP contribution in [0.2, 0.25) is 0 Å². The molecule has 0 fully saturated rings. The highest BCUT2D eigenvalue weighted by Crippen LogP contribution is 2.21. The van der Waals surface area contributed by atoms with Crippen LogP contribution >= 0.6 is 0 Å². The molecule has 0 aliphatic rings. The van der Waals surface area contributed by atoms with E-state index < -0.39 is 0 Å². The summed E-state index contributed by atoms with van der Waals surface area (Å²) >= 11 is 0. The summed E-state index contributed by atoms with van der Waals surface area (Å²) in [6.07, 6.45) is 1.89. The number of nitrogens with zero attached hydrogens (tertiary/aromatic N) is 4.